The van der Waals surface area contributed by atoms with Gasteiger partial charge in [-0.25, -0.2) is 9.59 Å². The van der Waals surface area contributed by atoms with Crippen LogP contribution < -0.4 is 10.6 Å². The van der Waals surface area contributed by atoms with Crippen molar-refractivity contribution in [3.8, 4) is 0 Å². The fraction of sp³-hybridized carbons (Fsp3) is 0.529. The van der Waals surface area contributed by atoms with Gasteiger partial charge < -0.3 is 20.1 Å². The van der Waals surface area contributed by atoms with E-state index >= 15 is 0 Å². The lowest BCUT2D eigenvalue weighted by Crippen LogP contribution is -2.38. The standard InChI is InChI=1S/C17H25BrN2O4/c1-6-23-15(21)12-7-8-14(13(18)9-12)20-11(2)10-19-16(22)24-17(3,4)5/h7-9,11,20H,6,10H2,1-5H3,(H,19,22). The fourth-order valence-electron chi connectivity index (χ4n) is 1.84. The molecule has 1 amide bonds. The number of esters is 1. The lowest BCUT2D eigenvalue weighted by atomic mass is 10.2. The molecule has 0 radical (unpaired) electrons. The van der Waals surface area contributed by atoms with Crippen molar-refractivity contribution in [2.24, 2.45) is 0 Å². The third-order valence-electron chi connectivity index (χ3n) is 2.83. The second kappa shape index (κ2) is 8.92. The molecule has 0 aromatic heterocycles. The van der Waals surface area contributed by atoms with Crippen LogP contribution in [-0.4, -0.2) is 36.9 Å². The Morgan fingerprint density at radius 3 is 2.50 bits per heavy atom. The summed E-state index contributed by atoms with van der Waals surface area (Å²) < 4.78 is 10.9. The molecule has 0 fully saturated rings. The largest absolute Gasteiger partial charge is 0.462 e. The van der Waals surface area contributed by atoms with Crippen LogP contribution in [0, 0.1) is 0 Å². The Morgan fingerprint density at radius 2 is 1.96 bits per heavy atom. The summed E-state index contributed by atoms with van der Waals surface area (Å²) in [6.45, 7) is 9.89. The predicted molar refractivity (Wildman–Crippen MR) is 97.4 cm³/mol. The van der Waals surface area contributed by atoms with Crippen molar-refractivity contribution in [3.63, 3.8) is 0 Å². The number of carbonyl (C=O) groups is 2. The lowest BCUT2D eigenvalue weighted by Gasteiger charge is -2.21. The third-order valence-corrected chi connectivity index (χ3v) is 3.49. The number of halogens is 1. The zero-order valence-corrected chi connectivity index (χ0v) is 16.3. The number of ether oxygens (including phenoxy) is 2. The second-order valence-corrected chi connectivity index (χ2v) is 7.20. The molecule has 0 saturated heterocycles. The van der Waals surface area contributed by atoms with Crippen LogP contribution in [0.4, 0.5) is 10.5 Å². The molecular formula is C17H25BrN2O4. The number of carbonyl (C=O) groups excluding carboxylic acids is 2. The van der Waals surface area contributed by atoms with E-state index in [0.29, 0.717) is 18.7 Å². The van der Waals surface area contributed by atoms with Crippen LogP contribution >= 0.6 is 15.9 Å². The van der Waals surface area contributed by atoms with E-state index < -0.39 is 11.7 Å². The van der Waals surface area contributed by atoms with E-state index in [1.807, 2.05) is 27.7 Å². The van der Waals surface area contributed by atoms with Crippen LogP contribution in [0.25, 0.3) is 0 Å². The summed E-state index contributed by atoms with van der Waals surface area (Å²) in [5.74, 6) is -0.357. The SMILES string of the molecule is CCOC(=O)c1ccc(NC(C)CNC(=O)OC(C)(C)C)c(Br)c1. The zero-order chi connectivity index (χ0) is 18.3. The van der Waals surface area contributed by atoms with Crippen LogP contribution in [-0.2, 0) is 9.47 Å². The number of nitrogens with one attached hydrogen (secondary N) is 2. The number of hydrogen-bond donors (Lipinski definition) is 2. The number of rotatable bonds is 6. The van der Waals surface area contributed by atoms with Crippen LogP contribution in [0.5, 0.6) is 0 Å². The van der Waals surface area contributed by atoms with E-state index in [1.54, 1.807) is 25.1 Å². The number of hydrogen-bond acceptors (Lipinski definition) is 5. The summed E-state index contributed by atoms with van der Waals surface area (Å²) in [7, 11) is 0. The molecule has 1 aromatic rings. The normalized spacial score (nSPS) is 12.2. The monoisotopic (exact) mass is 400 g/mol. The summed E-state index contributed by atoms with van der Waals surface area (Å²) in [4.78, 5) is 23.3. The molecule has 1 aromatic carbocycles. The molecule has 1 atom stereocenters. The van der Waals surface area contributed by atoms with Crippen molar-refractivity contribution in [3.05, 3.63) is 28.2 Å². The first kappa shape index (κ1) is 20.3. The zero-order valence-electron chi connectivity index (χ0n) is 14.7. The molecule has 7 heteroatoms. The maximum atomic E-state index is 11.7. The highest BCUT2D eigenvalue weighted by molar-refractivity contribution is 9.10. The Hall–Kier alpha value is -1.76. The first-order chi connectivity index (χ1) is 11.1. The molecule has 24 heavy (non-hydrogen) atoms. The molecule has 0 aliphatic heterocycles. The average molecular weight is 401 g/mol. The minimum absolute atomic E-state index is 0.0257. The first-order valence-electron chi connectivity index (χ1n) is 7.82. The Morgan fingerprint density at radius 1 is 1.29 bits per heavy atom. The summed E-state index contributed by atoms with van der Waals surface area (Å²) in [5.41, 5.74) is 0.780. The minimum Gasteiger partial charge on any atom is -0.462 e. The summed E-state index contributed by atoms with van der Waals surface area (Å²) in [5, 5.41) is 5.97. The Labute approximate surface area is 151 Å². The van der Waals surface area contributed by atoms with Crippen LogP contribution in [0.2, 0.25) is 0 Å². The third kappa shape index (κ3) is 7.21. The van der Waals surface area contributed by atoms with Crippen molar-refractivity contribution in [1.82, 2.24) is 5.32 Å². The van der Waals surface area contributed by atoms with Crippen LogP contribution in [0.1, 0.15) is 45.0 Å². The van der Waals surface area contributed by atoms with E-state index in [1.165, 1.54) is 0 Å². The molecule has 0 aliphatic carbocycles. The van der Waals surface area contributed by atoms with E-state index in [2.05, 4.69) is 26.6 Å². The lowest BCUT2D eigenvalue weighted by molar-refractivity contribution is 0.0515. The Bertz CT molecular complexity index is 584. The minimum atomic E-state index is -0.521. The molecule has 134 valence electrons. The van der Waals surface area contributed by atoms with Gasteiger partial charge in [-0.1, -0.05) is 0 Å². The molecule has 1 unspecified atom stereocenters. The van der Waals surface area contributed by atoms with Gasteiger partial charge in [-0.2, -0.15) is 0 Å². The van der Waals surface area contributed by atoms with E-state index in [-0.39, 0.29) is 12.0 Å². The molecule has 2 N–H and O–H groups in total. The second-order valence-electron chi connectivity index (χ2n) is 6.34. The van der Waals surface area contributed by atoms with Crippen molar-refractivity contribution < 1.29 is 19.1 Å². The van der Waals surface area contributed by atoms with E-state index in [9.17, 15) is 9.59 Å². The van der Waals surface area contributed by atoms with Crippen LogP contribution in [0.3, 0.4) is 0 Å². The number of amides is 1. The maximum Gasteiger partial charge on any atom is 0.407 e. The maximum absolute atomic E-state index is 11.7. The highest BCUT2D eigenvalue weighted by Crippen LogP contribution is 2.24. The topological polar surface area (TPSA) is 76.7 Å². The number of anilines is 1. The van der Waals surface area contributed by atoms with Crippen molar-refractivity contribution in [1.29, 1.82) is 0 Å². The van der Waals surface area contributed by atoms with Gasteiger partial charge in [0, 0.05) is 22.7 Å². The Balaban J connectivity index is 2.56. The first-order valence-corrected chi connectivity index (χ1v) is 8.61. The fourth-order valence-corrected chi connectivity index (χ4v) is 2.33. The van der Waals surface area contributed by atoms with Crippen molar-refractivity contribution in [2.45, 2.75) is 46.3 Å². The van der Waals surface area contributed by atoms with Gasteiger partial charge in [-0.15, -0.1) is 0 Å². The highest BCUT2D eigenvalue weighted by Gasteiger charge is 2.17. The van der Waals surface area contributed by atoms with Gasteiger partial charge in [0.15, 0.2) is 0 Å². The quantitative estimate of drug-likeness (QED) is 0.706. The van der Waals surface area contributed by atoms with Crippen molar-refractivity contribution in [2.75, 3.05) is 18.5 Å². The van der Waals surface area contributed by atoms with Gasteiger partial charge in [-0.3, -0.25) is 0 Å². The number of alkyl carbamates (subject to hydrolysis) is 1. The molecule has 0 heterocycles. The molecular weight excluding hydrogens is 376 g/mol. The van der Waals surface area contributed by atoms with E-state index in [0.717, 1.165) is 10.2 Å². The Kier molecular flexibility index (Phi) is 7.54. The molecule has 6 nitrogen and oxygen atoms in total. The van der Waals surface area contributed by atoms with Gasteiger partial charge in [0.2, 0.25) is 0 Å². The van der Waals surface area contributed by atoms with Gasteiger partial charge in [0.05, 0.1) is 12.2 Å². The van der Waals surface area contributed by atoms with E-state index in [4.69, 9.17) is 9.47 Å². The molecule has 1 rings (SSSR count). The summed E-state index contributed by atoms with van der Waals surface area (Å²) in [6.07, 6.45) is -0.451. The van der Waals surface area contributed by atoms with Gasteiger partial charge in [0.1, 0.15) is 5.60 Å². The highest BCUT2D eigenvalue weighted by atomic mass is 79.9. The average Bonchev–Trinajstić information content (AvgIpc) is 2.45. The molecule has 0 aliphatic rings. The van der Waals surface area contributed by atoms with Crippen LogP contribution in [0.15, 0.2) is 22.7 Å². The predicted octanol–water partition coefficient (Wildman–Crippen LogP) is 3.95. The summed E-state index contributed by atoms with van der Waals surface area (Å²) >= 11 is 3.43. The van der Waals surface area contributed by atoms with Gasteiger partial charge in [-0.05, 0) is 68.7 Å². The summed E-state index contributed by atoms with van der Waals surface area (Å²) in [6, 6.07) is 5.16. The van der Waals surface area contributed by atoms with Crippen molar-refractivity contribution >= 4 is 33.7 Å². The van der Waals surface area contributed by atoms with Gasteiger partial charge in [0.25, 0.3) is 0 Å². The molecule has 0 bridgehead atoms. The molecule has 0 spiro atoms. The molecule has 0 saturated carbocycles. The number of benzene rings is 1. The van der Waals surface area contributed by atoms with Gasteiger partial charge >= 0.3 is 12.1 Å². The smallest absolute Gasteiger partial charge is 0.407 e.